The summed E-state index contributed by atoms with van der Waals surface area (Å²) in [5.74, 6) is -1.07. The molecule has 18 heavy (non-hydrogen) atoms. The van der Waals surface area contributed by atoms with Crippen molar-refractivity contribution in [3.05, 3.63) is 35.5 Å². The van der Waals surface area contributed by atoms with Crippen molar-refractivity contribution in [2.75, 3.05) is 6.61 Å². The average molecular weight is 247 g/mol. The number of nitriles is 1. The molecule has 6 heteroatoms. The third-order valence-electron chi connectivity index (χ3n) is 2.40. The first kappa shape index (κ1) is 12.0. The molecule has 0 atom stereocenters. The number of rotatable bonds is 3. The Bertz CT molecular complexity index is 643. The highest BCUT2D eigenvalue weighted by molar-refractivity contribution is 5.89. The monoisotopic (exact) mass is 247 g/mol. The molecule has 0 unspecified atom stereocenters. The van der Waals surface area contributed by atoms with Crippen LogP contribution in [0.25, 0.3) is 5.65 Å². The second-order valence-electron chi connectivity index (χ2n) is 3.54. The molecule has 0 saturated carbocycles. The maximum Gasteiger partial charge on any atom is 0.358 e. The molecule has 2 heterocycles. The lowest BCUT2D eigenvalue weighted by atomic mass is 10.2. The summed E-state index contributed by atoms with van der Waals surface area (Å²) in [6, 6.07) is 4.61. The fourth-order valence-corrected chi connectivity index (χ4v) is 1.67. The van der Waals surface area contributed by atoms with E-state index in [0.29, 0.717) is 11.3 Å². The number of pyridine rings is 1. The molecular formula is C12H10FN3O2. The first-order valence-corrected chi connectivity index (χ1v) is 5.38. The Hall–Kier alpha value is -2.42. The van der Waals surface area contributed by atoms with Gasteiger partial charge in [0.2, 0.25) is 0 Å². The van der Waals surface area contributed by atoms with Gasteiger partial charge in [-0.25, -0.2) is 14.2 Å². The molecule has 2 rings (SSSR count). The maximum absolute atomic E-state index is 13.2. The normalized spacial score (nSPS) is 10.3. The second-order valence-corrected chi connectivity index (χ2v) is 3.54. The molecule has 0 aromatic carbocycles. The van der Waals surface area contributed by atoms with Crippen LogP contribution in [0.5, 0.6) is 0 Å². The van der Waals surface area contributed by atoms with Crippen LogP contribution in [-0.4, -0.2) is 22.0 Å². The molecule has 0 bridgehead atoms. The Balaban J connectivity index is 2.62. The first-order chi connectivity index (χ1) is 8.67. The van der Waals surface area contributed by atoms with Crippen LogP contribution in [0.2, 0.25) is 0 Å². The predicted molar refractivity (Wildman–Crippen MR) is 60.4 cm³/mol. The van der Waals surface area contributed by atoms with Crippen LogP contribution in [0.3, 0.4) is 0 Å². The molecule has 0 amide bonds. The highest BCUT2D eigenvalue weighted by Crippen LogP contribution is 2.15. The highest BCUT2D eigenvalue weighted by Gasteiger charge is 2.19. The number of esters is 1. The van der Waals surface area contributed by atoms with Gasteiger partial charge in [0.1, 0.15) is 11.5 Å². The topological polar surface area (TPSA) is 67.4 Å². The van der Waals surface area contributed by atoms with Crippen molar-refractivity contribution in [2.45, 2.75) is 13.3 Å². The first-order valence-electron chi connectivity index (χ1n) is 5.38. The number of carbonyl (C=O) groups is 1. The number of nitrogens with zero attached hydrogens (tertiary/aromatic N) is 3. The molecule has 0 radical (unpaired) electrons. The van der Waals surface area contributed by atoms with Crippen LogP contribution in [0, 0.1) is 17.1 Å². The summed E-state index contributed by atoms with van der Waals surface area (Å²) in [5, 5.41) is 8.77. The molecule has 0 aliphatic rings. The van der Waals surface area contributed by atoms with E-state index in [1.165, 1.54) is 22.7 Å². The van der Waals surface area contributed by atoms with Gasteiger partial charge in [-0.05, 0) is 19.1 Å². The van der Waals surface area contributed by atoms with Gasteiger partial charge in [-0.1, -0.05) is 0 Å². The summed E-state index contributed by atoms with van der Waals surface area (Å²) in [4.78, 5) is 15.8. The zero-order chi connectivity index (χ0) is 13.1. The van der Waals surface area contributed by atoms with E-state index in [1.54, 1.807) is 6.92 Å². The molecule has 0 fully saturated rings. The summed E-state index contributed by atoms with van der Waals surface area (Å²) in [6.45, 7) is 1.89. The third-order valence-corrected chi connectivity index (χ3v) is 2.40. The van der Waals surface area contributed by atoms with Crippen LogP contribution in [0.15, 0.2) is 18.3 Å². The van der Waals surface area contributed by atoms with E-state index >= 15 is 0 Å². The van der Waals surface area contributed by atoms with E-state index in [0.717, 1.165) is 0 Å². The van der Waals surface area contributed by atoms with Gasteiger partial charge in [-0.3, -0.25) is 4.40 Å². The van der Waals surface area contributed by atoms with E-state index in [2.05, 4.69) is 4.98 Å². The third kappa shape index (κ3) is 2.02. The summed E-state index contributed by atoms with van der Waals surface area (Å²) in [5.41, 5.74) is 0.805. The van der Waals surface area contributed by atoms with Crippen LogP contribution in [0.4, 0.5) is 4.39 Å². The van der Waals surface area contributed by atoms with Gasteiger partial charge in [0.15, 0.2) is 5.69 Å². The molecular weight excluding hydrogens is 237 g/mol. The minimum Gasteiger partial charge on any atom is -0.461 e. The lowest BCUT2D eigenvalue weighted by Crippen LogP contribution is -2.08. The van der Waals surface area contributed by atoms with Gasteiger partial charge in [0.05, 0.1) is 24.8 Å². The molecule has 92 valence electrons. The van der Waals surface area contributed by atoms with Gasteiger partial charge in [-0.2, -0.15) is 5.26 Å². The number of carbonyl (C=O) groups excluding carboxylic acids is 1. The Morgan fingerprint density at radius 3 is 3.06 bits per heavy atom. The van der Waals surface area contributed by atoms with E-state index in [1.807, 2.05) is 6.07 Å². The van der Waals surface area contributed by atoms with Gasteiger partial charge in [0.25, 0.3) is 0 Å². The smallest absolute Gasteiger partial charge is 0.358 e. The lowest BCUT2D eigenvalue weighted by Gasteiger charge is -2.00. The van der Waals surface area contributed by atoms with Crippen molar-refractivity contribution >= 4 is 11.6 Å². The number of aromatic nitrogens is 2. The Kier molecular flexibility index (Phi) is 3.24. The summed E-state index contributed by atoms with van der Waals surface area (Å²) in [6.07, 6.45) is 1.15. The van der Waals surface area contributed by atoms with Gasteiger partial charge < -0.3 is 4.74 Å². The molecule has 0 aliphatic carbocycles. The standard InChI is InChI=1S/C12H10FN3O2/c1-2-18-12(17)11-9(5-6-14)16-7-8(13)3-4-10(16)15-11/h3-4,7H,2,5H2,1H3. The van der Waals surface area contributed by atoms with Crippen molar-refractivity contribution in [1.29, 1.82) is 5.26 Å². The highest BCUT2D eigenvalue weighted by atomic mass is 19.1. The van der Waals surface area contributed by atoms with Crippen molar-refractivity contribution < 1.29 is 13.9 Å². The largest absolute Gasteiger partial charge is 0.461 e. The summed E-state index contributed by atoms with van der Waals surface area (Å²) in [7, 11) is 0. The van der Waals surface area contributed by atoms with E-state index in [-0.39, 0.29) is 18.7 Å². The van der Waals surface area contributed by atoms with Gasteiger partial charge in [-0.15, -0.1) is 0 Å². The fraction of sp³-hybridized carbons (Fsp3) is 0.250. The molecule has 2 aromatic heterocycles. The van der Waals surface area contributed by atoms with Gasteiger partial charge in [0, 0.05) is 6.20 Å². The van der Waals surface area contributed by atoms with Crippen molar-refractivity contribution in [2.24, 2.45) is 0 Å². The Morgan fingerprint density at radius 2 is 2.39 bits per heavy atom. The quantitative estimate of drug-likeness (QED) is 0.774. The second kappa shape index (κ2) is 4.84. The van der Waals surface area contributed by atoms with Crippen LogP contribution < -0.4 is 0 Å². The van der Waals surface area contributed by atoms with Crippen LogP contribution in [0.1, 0.15) is 23.1 Å². The zero-order valence-corrected chi connectivity index (χ0v) is 9.68. The average Bonchev–Trinajstić information content (AvgIpc) is 2.69. The molecule has 2 aromatic rings. The minimum atomic E-state index is -0.605. The Labute approximate surface area is 102 Å². The predicted octanol–water partition coefficient (Wildman–Crippen LogP) is 1.72. The fourth-order valence-electron chi connectivity index (χ4n) is 1.67. The van der Waals surface area contributed by atoms with Crippen LogP contribution >= 0.6 is 0 Å². The number of halogens is 1. The van der Waals surface area contributed by atoms with Crippen molar-refractivity contribution in [1.82, 2.24) is 9.38 Å². The number of hydrogen-bond donors (Lipinski definition) is 0. The zero-order valence-electron chi connectivity index (χ0n) is 9.68. The van der Waals surface area contributed by atoms with Crippen molar-refractivity contribution in [3.63, 3.8) is 0 Å². The maximum atomic E-state index is 13.2. The Morgan fingerprint density at radius 1 is 1.61 bits per heavy atom. The molecule has 0 spiro atoms. The van der Waals surface area contributed by atoms with E-state index < -0.39 is 11.8 Å². The summed E-state index contributed by atoms with van der Waals surface area (Å²) < 4.78 is 19.4. The molecule has 0 aliphatic heterocycles. The number of hydrogen-bond acceptors (Lipinski definition) is 4. The van der Waals surface area contributed by atoms with Crippen LogP contribution in [-0.2, 0) is 11.2 Å². The summed E-state index contributed by atoms with van der Waals surface area (Å²) >= 11 is 0. The minimum absolute atomic E-state index is 0.0429. The number of ether oxygens (including phenoxy) is 1. The van der Waals surface area contributed by atoms with Crippen molar-refractivity contribution in [3.8, 4) is 6.07 Å². The lowest BCUT2D eigenvalue weighted by molar-refractivity contribution is 0.0519. The van der Waals surface area contributed by atoms with E-state index in [4.69, 9.17) is 10.00 Å². The number of imidazole rings is 1. The molecule has 0 N–H and O–H groups in total. The van der Waals surface area contributed by atoms with E-state index in [9.17, 15) is 9.18 Å². The van der Waals surface area contributed by atoms with Gasteiger partial charge >= 0.3 is 5.97 Å². The SMILES string of the molecule is CCOC(=O)c1nc2ccc(F)cn2c1CC#N. The number of fused-ring (bicyclic) bond motifs is 1. The molecule has 5 nitrogen and oxygen atoms in total. The molecule has 0 saturated heterocycles.